The van der Waals surface area contributed by atoms with Gasteiger partial charge in [-0.25, -0.2) is 0 Å². The number of amides is 1. The zero-order chi connectivity index (χ0) is 9.97. The molecular formula is C11H14N2O. The first-order valence-electron chi connectivity index (χ1n) is 4.88. The molecule has 0 aromatic heterocycles. The Kier molecular flexibility index (Phi) is 2.39. The van der Waals surface area contributed by atoms with E-state index < -0.39 is 0 Å². The molecule has 1 aromatic rings. The van der Waals surface area contributed by atoms with Crippen LogP contribution in [0.4, 0.5) is 5.69 Å². The summed E-state index contributed by atoms with van der Waals surface area (Å²) in [5, 5.41) is 3.73. The van der Waals surface area contributed by atoms with Gasteiger partial charge in [-0.15, -0.1) is 0 Å². The van der Waals surface area contributed by atoms with E-state index in [9.17, 15) is 4.79 Å². The Morgan fingerprint density at radius 2 is 2.00 bits per heavy atom. The lowest BCUT2D eigenvalue weighted by Gasteiger charge is -2.29. The second-order valence-electron chi connectivity index (χ2n) is 3.48. The molecule has 1 aromatic carbocycles. The average molecular weight is 190 g/mol. The topological polar surface area (TPSA) is 23.6 Å². The number of anilines is 1. The fourth-order valence-corrected chi connectivity index (χ4v) is 1.73. The second-order valence-corrected chi connectivity index (χ2v) is 3.48. The molecule has 1 aliphatic rings. The highest BCUT2D eigenvalue weighted by Gasteiger charge is 2.23. The highest BCUT2D eigenvalue weighted by molar-refractivity contribution is 5.79. The maximum atomic E-state index is 11.5. The molecule has 0 atom stereocenters. The molecule has 1 aliphatic heterocycles. The lowest BCUT2D eigenvalue weighted by molar-refractivity contribution is -0.128. The van der Waals surface area contributed by atoms with Crippen molar-refractivity contribution in [1.29, 1.82) is 0 Å². The maximum absolute atomic E-state index is 11.5. The van der Waals surface area contributed by atoms with Gasteiger partial charge in [0.1, 0.15) is 0 Å². The molecule has 1 fully saturated rings. The highest BCUT2D eigenvalue weighted by atomic mass is 16.2. The van der Waals surface area contributed by atoms with Gasteiger partial charge in [0.2, 0.25) is 5.91 Å². The summed E-state index contributed by atoms with van der Waals surface area (Å²) in [6.07, 6.45) is 1.65. The molecule has 1 amide bonds. The van der Waals surface area contributed by atoms with Crippen molar-refractivity contribution in [1.82, 2.24) is 5.01 Å². The van der Waals surface area contributed by atoms with Crippen LogP contribution >= 0.6 is 0 Å². The van der Waals surface area contributed by atoms with E-state index in [0.29, 0.717) is 6.42 Å². The number of carbonyl (C=O) groups is 1. The third-order valence-corrected chi connectivity index (χ3v) is 2.54. The van der Waals surface area contributed by atoms with E-state index >= 15 is 0 Å². The van der Waals surface area contributed by atoms with Gasteiger partial charge in [-0.1, -0.05) is 18.2 Å². The summed E-state index contributed by atoms with van der Waals surface area (Å²) < 4.78 is 0. The Bertz CT molecular complexity index is 323. The van der Waals surface area contributed by atoms with Crippen molar-refractivity contribution < 1.29 is 4.79 Å². The summed E-state index contributed by atoms with van der Waals surface area (Å²) in [5.74, 6) is 0.219. The Morgan fingerprint density at radius 1 is 1.29 bits per heavy atom. The fourth-order valence-electron chi connectivity index (χ4n) is 1.73. The van der Waals surface area contributed by atoms with Crippen molar-refractivity contribution in [2.75, 3.05) is 18.6 Å². The number of benzene rings is 1. The molecule has 0 spiro atoms. The molecule has 1 heterocycles. The monoisotopic (exact) mass is 190 g/mol. The van der Waals surface area contributed by atoms with Crippen molar-refractivity contribution in [3.63, 3.8) is 0 Å². The van der Waals surface area contributed by atoms with Gasteiger partial charge in [0, 0.05) is 20.0 Å². The SMILES string of the molecule is CN(c1ccccc1)N1CCCC1=O. The molecule has 1 saturated heterocycles. The highest BCUT2D eigenvalue weighted by Crippen LogP contribution is 2.18. The van der Waals surface area contributed by atoms with Gasteiger partial charge in [-0.3, -0.25) is 14.8 Å². The number of hydrogen-bond donors (Lipinski definition) is 0. The number of carbonyl (C=O) groups excluding carboxylic acids is 1. The minimum absolute atomic E-state index is 0.219. The quantitative estimate of drug-likeness (QED) is 0.708. The van der Waals surface area contributed by atoms with Crippen LogP contribution in [-0.2, 0) is 4.79 Å². The molecule has 0 aliphatic carbocycles. The van der Waals surface area contributed by atoms with Crippen molar-refractivity contribution >= 4 is 11.6 Å². The lowest BCUT2D eigenvalue weighted by Crippen LogP contribution is -2.40. The van der Waals surface area contributed by atoms with Gasteiger partial charge in [-0.2, -0.15) is 0 Å². The minimum atomic E-state index is 0.219. The molecule has 0 bridgehead atoms. The van der Waals surface area contributed by atoms with Crippen molar-refractivity contribution in [3.8, 4) is 0 Å². The van der Waals surface area contributed by atoms with Gasteiger partial charge in [-0.05, 0) is 18.6 Å². The van der Waals surface area contributed by atoms with Gasteiger partial charge in [0.05, 0.1) is 5.69 Å². The molecule has 0 radical (unpaired) electrons. The third-order valence-electron chi connectivity index (χ3n) is 2.54. The van der Waals surface area contributed by atoms with E-state index in [1.165, 1.54) is 0 Å². The Hall–Kier alpha value is -1.51. The van der Waals surface area contributed by atoms with E-state index in [1.807, 2.05) is 42.4 Å². The normalized spacial score (nSPS) is 16.1. The average Bonchev–Trinajstić information content (AvgIpc) is 2.65. The molecule has 74 valence electrons. The standard InChI is InChI=1S/C11H14N2O/c1-12(10-6-3-2-4-7-10)13-9-5-8-11(13)14/h2-4,6-7H,5,8-9H2,1H3. The molecule has 3 heteroatoms. The Morgan fingerprint density at radius 3 is 2.57 bits per heavy atom. The number of hydrogen-bond acceptors (Lipinski definition) is 2. The summed E-state index contributed by atoms with van der Waals surface area (Å²) >= 11 is 0. The molecule has 2 rings (SSSR count). The molecule has 14 heavy (non-hydrogen) atoms. The Balaban J connectivity index is 2.16. The zero-order valence-electron chi connectivity index (χ0n) is 8.31. The van der Waals surface area contributed by atoms with Gasteiger partial charge >= 0.3 is 0 Å². The van der Waals surface area contributed by atoms with E-state index in [2.05, 4.69) is 0 Å². The molecular weight excluding hydrogens is 176 g/mol. The van der Waals surface area contributed by atoms with Crippen LogP contribution in [0.2, 0.25) is 0 Å². The summed E-state index contributed by atoms with van der Waals surface area (Å²) in [6.45, 7) is 0.838. The lowest BCUT2D eigenvalue weighted by atomic mass is 10.3. The summed E-state index contributed by atoms with van der Waals surface area (Å²) in [5.41, 5.74) is 1.06. The molecule has 3 nitrogen and oxygen atoms in total. The van der Waals surface area contributed by atoms with Gasteiger partial charge in [0.15, 0.2) is 0 Å². The second kappa shape index (κ2) is 3.70. The number of hydrazine groups is 1. The van der Waals surface area contributed by atoms with Crippen LogP contribution in [-0.4, -0.2) is 24.5 Å². The van der Waals surface area contributed by atoms with Crippen LogP contribution in [0.5, 0.6) is 0 Å². The smallest absolute Gasteiger partial charge is 0.241 e. The van der Waals surface area contributed by atoms with E-state index in [-0.39, 0.29) is 5.91 Å². The van der Waals surface area contributed by atoms with Gasteiger partial charge < -0.3 is 0 Å². The molecule has 0 unspecified atom stereocenters. The first-order valence-corrected chi connectivity index (χ1v) is 4.88. The van der Waals surface area contributed by atoms with Crippen molar-refractivity contribution in [2.45, 2.75) is 12.8 Å². The van der Waals surface area contributed by atoms with Crippen LogP contribution in [0.1, 0.15) is 12.8 Å². The molecule has 0 N–H and O–H groups in total. The van der Waals surface area contributed by atoms with Crippen LogP contribution in [0.3, 0.4) is 0 Å². The predicted octanol–water partition coefficient (Wildman–Crippen LogP) is 1.66. The van der Waals surface area contributed by atoms with Crippen molar-refractivity contribution in [3.05, 3.63) is 30.3 Å². The van der Waals surface area contributed by atoms with Gasteiger partial charge in [0.25, 0.3) is 0 Å². The number of rotatable bonds is 2. The van der Waals surface area contributed by atoms with Crippen LogP contribution in [0.25, 0.3) is 0 Å². The summed E-state index contributed by atoms with van der Waals surface area (Å²) in [7, 11) is 1.93. The Labute approximate surface area is 83.9 Å². The van der Waals surface area contributed by atoms with E-state index in [4.69, 9.17) is 0 Å². The number of para-hydroxylation sites is 1. The maximum Gasteiger partial charge on any atom is 0.241 e. The number of nitrogens with zero attached hydrogens (tertiary/aromatic N) is 2. The third kappa shape index (κ3) is 1.58. The summed E-state index contributed by atoms with van der Waals surface area (Å²) in [6, 6.07) is 9.94. The summed E-state index contributed by atoms with van der Waals surface area (Å²) in [4.78, 5) is 11.5. The van der Waals surface area contributed by atoms with Crippen molar-refractivity contribution in [2.24, 2.45) is 0 Å². The van der Waals surface area contributed by atoms with E-state index in [1.54, 1.807) is 5.01 Å². The largest absolute Gasteiger partial charge is 0.286 e. The first-order chi connectivity index (χ1) is 6.79. The van der Waals surface area contributed by atoms with Crippen LogP contribution in [0, 0.1) is 0 Å². The minimum Gasteiger partial charge on any atom is -0.286 e. The predicted molar refractivity (Wildman–Crippen MR) is 55.8 cm³/mol. The van der Waals surface area contributed by atoms with E-state index in [0.717, 1.165) is 18.7 Å². The molecule has 0 saturated carbocycles. The van der Waals surface area contributed by atoms with Crippen LogP contribution in [0.15, 0.2) is 30.3 Å². The zero-order valence-corrected chi connectivity index (χ0v) is 8.31. The fraction of sp³-hybridized carbons (Fsp3) is 0.364. The van der Waals surface area contributed by atoms with Crippen LogP contribution < -0.4 is 5.01 Å². The first kappa shape index (κ1) is 9.06.